The molecule has 2 aromatic rings. The monoisotopic (exact) mass is 261 g/mol. The van der Waals surface area contributed by atoms with Gasteiger partial charge in [-0.1, -0.05) is 12.1 Å². The zero-order valence-electron chi connectivity index (χ0n) is 10.0. The van der Waals surface area contributed by atoms with Crippen molar-refractivity contribution in [3.8, 4) is 0 Å². The average Bonchev–Trinajstić information content (AvgIpc) is 2.92. The molecule has 1 heterocycles. The lowest BCUT2D eigenvalue weighted by molar-refractivity contribution is 0.0940. The fourth-order valence-corrected chi connectivity index (χ4v) is 2.44. The molecule has 5 heteroatoms. The molecule has 0 aliphatic rings. The number of nitrogens with one attached hydrogen (secondary N) is 2. The lowest BCUT2D eigenvalue weighted by Gasteiger charge is -2.14. The third-order valence-electron chi connectivity index (χ3n) is 2.72. The van der Waals surface area contributed by atoms with Crippen LogP contribution in [0.25, 0.3) is 0 Å². The number of benzene rings is 1. The fraction of sp³-hybridized carbons (Fsp3) is 0.154. The molecule has 0 spiro atoms. The Morgan fingerprint density at radius 1 is 1.33 bits per heavy atom. The van der Waals surface area contributed by atoms with Crippen LogP contribution in [0.1, 0.15) is 28.9 Å². The molecule has 0 bridgehead atoms. The van der Waals surface area contributed by atoms with Crippen molar-refractivity contribution >= 4 is 22.9 Å². The van der Waals surface area contributed by atoms with E-state index in [1.807, 2.05) is 35.9 Å². The third-order valence-corrected chi connectivity index (χ3v) is 3.42. The number of nitrogens with two attached hydrogens (primary N) is 1. The van der Waals surface area contributed by atoms with Crippen LogP contribution in [-0.4, -0.2) is 5.91 Å². The second kappa shape index (κ2) is 5.66. The number of anilines is 1. The van der Waals surface area contributed by atoms with Gasteiger partial charge in [-0.25, -0.2) is 0 Å². The fourth-order valence-electron chi connectivity index (χ4n) is 1.69. The van der Waals surface area contributed by atoms with E-state index in [0.717, 1.165) is 5.56 Å². The van der Waals surface area contributed by atoms with Gasteiger partial charge in [0.25, 0.3) is 5.91 Å². The molecule has 94 valence electrons. The predicted molar refractivity (Wildman–Crippen MR) is 74.5 cm³/mol. The Hall–Kier alpha value is -1.85. The minimum atomic E-state index is -0.137. The van der Waals surface area contributed by atoms with Crippen LogP contribution in [0, 0.1) is 0 Å². The topological polar surface area (TPSA) is 67.2 Å². The second-order valence-electron chi connectivity index (χ2n) is 3.94. The first-order chi connectivity index (χ1) is 8.72. The number of nitrogen functional groups attached to an aromatic ring is 1. The van der Waals surface area contributed by atoms with E-state index in [2.05, 4.69) is 10.7 Å². The summed E-state index contributed by atoms with van der Waals surface area (Å²) in [6.45, 7) is 1.96. The predicted octanol–water partition coefficient (Wildman–Crippen LogP) is 2.52. The van der Waals surface area contributed by atoms with E-state index in [9.17, 15) is 4.79 Å². The zero-order chi connectivity index (χ0) is 13.0. The van der Waals surface area contributed by atoms with Crippen molar-refractivity contribution in [1.82, 2.24) is 5.32 Å². The molecule has 4 N–H and O–H groups in total. The number of rotatable bonds is 4. The summed E-state index contributed by atoms with van der Waals surface area (Å²) in [7, 11) is 0. The summed E-state index contributed by atoms with van der Waals surface area (Å²) in [5, 5.41) is 6.96. The largest absolute Gasteiger partial charge is 0.345 e. The standard InChI is InChI=1S/C13H15N3OS/c1-9(10-6-7-18-8-10)15-13(17)11-4-2-3-5-12(11)16-14/h2-9,16H,14H2,1H3,(H,15,17). The van der Waals surface area contributed by atoms with Gasteiger partial charge in [0.05, 0.1) is 17.3 Å². The highest BCUT2D eigenvalue weighted by atomic mass is 32.1. The minimum absolute atomic E-state index is 0.0189. The number of hydrogen-bond donors (Lipinski definition) is 3. The molecule has 1 aromatic carbocycles. The van der Waals surface area contributed by atoms with Crippen LogP contribution in [0.5, 0.6) is 0 Å². The quantitative estimate of drug-likeness (QED) is 0.585. The molecule has 0 aliphatic heterocycles. The maximum Gasteiger partial charge on any atom is 0.253 e. The second-order valence-corrected chi connectivity index (χ2v) is 4.72. The van der Waals surface area contributed by atoms with Crippen molar-refractivity contribution in [2.24, 2.45) is 5.84 Å². The van der Waals surface area contributed by atoms with Crippen LogP contribution < -0.4 is 16.6 Å². The van der Waals surface area contributed by atoms with Crippen LogP contribution in [0.2, 0.25) is 0 Å². The maximum atomic E-state index is 12.1. The summed E-state index contributed by atoms with van der Waals surface area (Å²) in [5.41, 5.74) is 4.79. The first-order valence-corrected chi connectivity index (χ1v) is 6.55. The molecular formula is C13H15N3OS. The van der Waals surface area contributed by atoms with Gasteiger partial charge in [0, 0.05) is 0 Å². The highest BCUT2D eigenvalue weighted by Gasteiger charge is 2.14. The molecule has 2 rings (SSSR count). The molecule has 18 heavy (non-hydrogen) atoms. The first-order valence-electron chi connectivity index (χ1n) is 5.61. The first kappa shape index (κ1) is 12.6. The molecular weight excluding hydrogens is 246 g/mol. The summed E-state index contributed by atoms with van der Waals surface area (Å²) < 4.78 is 0. The van der Waals surface area contributed by atoms with Crippen molar-refractivity contribution in [2.75, 3.05) is 5.43 Å². The maximum absolute atomic E-state index is 12.1. The Labute approximate surface area is 110 Å². The summed E-state index contributed by atoms with van der Waals surface area (Å²) in [4.78, 5) is 12.1. The van der Waals surface area contributed by atoms with E-state index in [4.69, 9.17) is 5.84 Å². The van der Waals surface area contributed by atoms with Gasteiger partial charge in [-0.15, -0.1) is 0 Å². The summed E-state index contributed by atoms with van der Waals surface area (Å²) >= 11 is 1.61. The summed E-state index contributed by atoms with van der Waals surface area (Å²) in [5.74, 6) is 5.25. The molecule has 4 nitrogen and oxygen atoms in total. The molecule has 0 saturated carbocycles. The van der Waals surface area contributed by atoms with Crippen molar-refractivity contribution in [1.29, 1.82) is 0 Å². The van der Waals surface area contributed by atoms with Crippen LogP contribution in [0.3, 0.4) is 0 Å². The van der Waals surface area contributed by atoms with Crippen molar-refractivity contribution < 1.29 is 4.79 Å². The van der Waals surface area contributed by atoms with Gasteiger partial charge in [0.1, 0.15) is 0 Å². The summed E-state index contributed by atoms with van der Waals surface area (Å²) in [6, 6.07) is 9.13. The van der Waals surface area contributed by atoms with E-state index in [1.165, 1.54) is 0 Å². The number of carbonyl (C=O) groups excluding carboxylic acids is 1. The normalized spacial score (nSPS) is 11.9. The Morgan fingerprint density at radius 2 is 2.11 bits per heavy atom. The number of amides is 1. The highest BCUT2D eigenvalue weighted by molar-refractivity contribution is 7.07. The lowest BCUT2D eigenvalue weighted by Crippen LogP contribution is -2.27. The smallest absolute Gasteiger partial charge is 0.253 e. The Morgan fingerprint density at radius 3 is 2.78 bits per heavy atom. The Kier molecular flexibility index (Phi) is 3.96. The number of carbonyl (C=O) groups is 1. The van der Waals surface area contributed by atoms with Gasteiger partial charge in [-0.05, 0) is 41.4 Å². The molecule has 1 atom stereocenters. The van der Waals surface area contributed by atoms with Crippen LogP contribution in [0.4, 0.5) is 5.69 Å². The molecule has 1 amide bonds. The van der Waals surface area contributed by atoms with E-state index in [0.29, 0.717) is 11.3 Å². The number of hydrazine groups is 1. The lowest BCUT2D eigenvalue weighted by atomic mass is 10.1. The number of para-hydroxylation sites is 1. The summed E-state index contributed by atoms with van der Waals surface area (Å²) in [6.07, 6.45) is 0. The van der Waals surface area contributed by atoms with E-state index >= 15 is 0 Å². The zero-order valence-corrected chi connectivity index (χ0v) is 10.8. The third kappa shape index (κ3) is 2.69. The Balaban J connectivity index is 2.12. The average molecular weight is 261 g/mol. The van der Waals surface area contributed by atoms with Gasteiger partial charge in [-0.3, -0.25) is 10.6 Å². The van der Waals surface area contributed by atoms with E-state index in [1.54, 1.807) is 23.5 Å². The Bertz CT molecular complexity index is 525. The van der Waals surface area contributed by atoms with Crippen molar-refractivity contribution in [3.05, 3.63) is 52.2 Å². The van der Waals surface area contributed by atoms with Crippen molar-refractivity contribution in [2.45, 2.75) is 13.0 Å². The molecule has 1 aromatic heterocycles. The van der Waals surface area contributed by atoms with E-state index < -0.39 is 0 Å². The van der Waals surface area contributed by atoms with Gasteiger partial charge in [-0.2, -0.15) is 11.3 Å². The van der Waals surface area contributed by atoms with Crippen molar-refractivity contribution in [3.63, 3.8) is 0 Å². The molecule has 0 radical (unpaired) electrons. The molecule has 1 unspecified atom stereocenters. The minimum Gasteiger partial charge on any atom is -0.345 e. The van der Waals surface area contributed by atoms with Crippen LogP contribution in [-0.2, 0) is 0 Å². The molecule has 0 fully saturated rings. The van der Waals surface area contributed by atoms with Gasteiger partial charge in [0.2, 0.25) is 0 Å². The van der Waals surface area contributed by atoms with Crippen LogP contribution >= 0.6 is 11.3 Å². The SMILES string of the molecule is CC(NC(=O)c1ccccc1NN)c1ccsc1. The molecule has 0 aliphatic carbocycles. The van der Waals surface area contributed by atoms with Gasteiger partial charge < -0.3 is 10.7 Å². The van der Waals surface area contributed by atoms with Gasteiger partial charge >= 0.3 is 0 Å². The number of hydrogen-bond acceptors (Lipinski definition) is 4. The van der Waals surface area contributed by atoms with Crippen LogP contribution in [0.15, 0.2) is 41.1 Å². The highest BCUT2D eigenvalue weighted by Crippen LogP contribution is 2.18. The molecule has 0 saturated heterocycles. The van der Waals surface area contributed by atoms with E-state index in [-0.39, 0.29) is 11.9 Å². The van der Waals surface area contributed by atoms with Gasteiger partial charge in [0.15, 0.2) is 0 Å². The number of thiophene rings is 1.